The second kappa shape index (κ2) is 7.78. The zero-order valence-electron chi connectivity index (χ0n) is 13.9. The molecular weight excluding hydrogens is 369 g/mol. The number of halogens is 4. The topological polar surface area (TPSA) is 58.2 Å². The van der Waals surface area contributed by atoms with E-state index in [1.807, 2.05) is 19.9 Å². The molecule has 0 saturated carbocycles. The fourth-order valence-corrected chi connectivity index (χ4v) is 2.43. The molecule has 0 spiro atoms. The van der Waals surface area contributed by atoms with Gasteiger partial charge in [-0.3, -0.25) is 9.59 Å². The van der Waals surface area contributed by atoms with Crippen molar-refractivity contribution >= 4 is 34.8 Å². The van der Waals surface area contributed by atoms with Crippen molar-refractivity contribution in [2.24, 2.45) is 0 Å². The third kappa shape index (κ3) is 4.76. The van der Waals surface area contributed by atoms with Crippen LogP contribution in [0.1, 0.15) is 30.9 Å². The summed E-state index contributed by atoms with van der Waals surface area (Å²) in [6.07, 6.45) is -4.59. The van der Waals surface area contributed by atoms with Crippen LogP contribution in [0.3, 0.4) is 0 Å². The third-order valence-electron chi connectivity index (χ3n) is 3.58. The molecule has 0 aliphatic heterocycles. The van der Waals surface area contributed by atoms with Gasteiger partial charge in [0, 0.05) is 5.69 Å². The molecule has 0 unspecified atom stereocenters. The van der Waals surface area contributed by atoms with Gasteiger partial charge in [0.2, 0.25) is 0 Å². The number of anilines is 2. The van der Waals surface area contributed by atoms with E-state index in [1.165, 1.54) is 0 Å². The van der Waals surface area contributed by atoms with Gasteiger partial charge in [-0.1, -0.05) is 43.6 Å². The van der Waals surface area contributed by atoms with Crippen LogP contribution < -0.4 is 10.6 Å². The van der Waals surface area contributed by atoms with Gasteiger partial charge in [0.05, 0.1) is 16.3 Å². The average molecular weight is 385 g/mol. The maximum atomic E-state index is 12.8. The molecule has 2 aromatic rings. The van der Waals surface area contributed by atoms with E-state index < -0.39 is 23.6 Å². The van der Waals surface area contributed by atoms with Gasteiger partial charge < -0.3 is 10.6 Å². The molecule has 0 bridgehead atoms. The molecule has 2 amide bonds. The Morgan fingerprint density at radius 1 is 0.962 bits per heavy atom. The van der Waals surface area contributed by atoms with E-state index in [0.29, 0.717) is 11.8 Å². The Morgan fingerprint density at radius 2 is 1.54 bits per heavy atom. The van der Waals surface area contributed by atoms with Gasteiger partial charge in [0.15, 0.2) is 0 Å². The van der Waals surface area contributed by atoms with E-state index in [-0.39, 0.29) is 16.6 Å². The minimum Gasteiger partial charge on any atom is -0.318 e. The van der Waals surface area contributed by atoms with Crippen LogP contribution in [0.2, 0.25) is 5.02 Å². The first-order valence-corrected chi connectivity index (χ1v) is 8.05. The van der Waals surface area contributed by atoms with Crippen molar-refractivity contribution in [3.8, 4) is 0 Å². The molecule has 0 radical (unpaired) electrons. The van der Waals surface area contributed by atoms with Crippen LogP contribution in [0.25, 0.3) is 0 Å². The number of carbonyl (C=O) groups excluding carboxylic acids is 2. The van der Waals surface area contributed by atoms with Crippen LogP contribution in [-0.4, -0.2) is 11.8 Å². The van der Waals surface area contributed by atoms with Crippen LogP contribution in [0, 0.1) is 0 Å². The van der Waals surface area contributed by atoms with Crippen molar-refractivity contribution in [1.29, 1.82) is 0 Å². The Kier molecular flexibility index (Phi) is 5.92. The van der Waals surface area contributed by atoms with Gasteiger partial charge in [-0.15, -0.1) is 0 Å². The molecule has 0 aromatic heterocycles. The van der Waals surface area contributed by atoms with Crippen molar-refractivity contribution in [2.75, 3.05) is 10.6 Å². The quantitative estimate of drug-likeness (QED) is 0.727. The lowest BCUT2D eigenvalue weighted by molar-refractivity contribution is -0.137. The molecule has 0 aliphatic carbocycles. The van der Waals surface area contributed by atoms with Crippen molar-refractivity contribution < 1.29 is 22.8 Å². The van der Waals surface area contributed by atoms with E-state index in [4.69, 9.17) is 11.6 Å². The molecule has 0 atom stereocenters. The van der Waals surface area contributed by atoms with Crippen LogP contribution >= 0.6 is 11.6 Å². The zero-order valence-corrected chi connectivity index (χ0v) is 14.7. The van der Waals surface area contributed by atoms with Gasteiger partial charge in [-0.25, -0.2) is 0 Å². The molecular formula is C18H16ClF3N2O2. The lowest BCUT2D eigenvalue weighted by Crippen LogP contribution is -2.29. The number of para-hydroxylation sites is 1. The van der Waals surface area contributed by atoms with Crippen LogP contribution in [-0.2, 0) is 15.8 Å². The highest BCUT2D eigenvalue weighted by Gasteiger charge is 2.31. The first-order valence-electron chi connectivity index (χ1n) is 7.67. The highest BCUT2D eigenvalue weighted by atomic mass is 35.5. The maximum absolute atomic E-state index is 12.8. The van der Waals surface area contributed by atoms with E-state index >= 15 is 0 Å². The number of nitrogens with one attached hydrogen (secondary N) is 2. The number of hydrogen-bond acceptors (Lipinski definition) is 2. The van der Waals surface area contributed by atoms with Crippen molar-refractivity contribution in [3.63, 3.8) is 0 Å². The summed E-state index contributed by atoms with van der Waals surface area (Å²) in [5.74, 6) is -2.02. The summed E-state index contributed by atoms with van der Waals surface area (Å²) >= 11 is 5.81. The average Bonchev–Trinajstić information content (AvgIpc) is 2.56. The number of amides is 2. The van der Waals surface area contributed by atoms with E-state index in [2.05, 4.69) is 10.6 Å². The van der Waals surface area contributed by atoms with Gasteiger partial charge in [0.25, 0.3) is 0 Å². The molecule has 0 heterocycles. The highest BCUT2D eigenvalue weighted by molar-refractivity contribution is 6.44. The molecule has 138 valence electrons. The van der Waals surface area contributed by atoms with Crippen molar-refractivity contribution in [2.45, 2.75) is 25.9 Å². The Morgan fingerprint density at radius 3 is 2.12 bits per heavy atom. The summed E-state index contributed by atoms with van der Waals surface area (Å²) < 4.78 is 38.3. The molecule has 2 N–H and O–H groups in total. The summed E-state index contributed by atoms with van der Waals surface area (Å²) in [5, 5.41) is 4.46. The van der Waals surface area contributed by atoms with Crippen molar-refractivity contribution in [1.82, 2.24) is 0 Å². The Balaban J connectivity index is 2.17. The number of hydrogen-bond donors (Lipinski definition) is 2. The Hall–Kier alpha value is -2.54. The van der Waals surface area contributed by atoms with E-state index in [9.17, 15) is 22.8 Å². The standard InChI is InChI=1S/C18H16ClF3N2O2/c1-10(2)12-5-3-4-6-14(12)23-16(25)17(26)24-15-9-11(18(20,21)22)7-8-13(15)19/h3-10H,1-2H3,(H,23,25)(H,24,26). The molecule has 2 aromatic carbocycles. The number of alkyl halides is 3. The second-order valence-corrected chi connectivity index (χ2v) is 6.25. The summed E-state index contributed by atoms with van der Waals surface area (Å²) in [5.41, 5.74) is 0.00471. The normalized spacial score (nSPS) is 11.3. The molecule has 0 saturated heterocycles. The summed E-state index contributed by atoms with van der Waals surface area (Å²) in [6, 6.07) is 9.41. The van der Waals surface area contributed by atoms with Crippen LogP contribution in [0.5, 0.6) is 0 Å². The Bertz CT molecular complexity index is 835. The minimum atomic E-state index is -4.59. The van der Waals surface area contributed by atoms with E-state index in [1.54, 1.807) is 18.2 Å². The Labute approximate surface area is 153 Å². The summed E-state index contributed by atoms with van der Waals surface area (Å²) in [4.78, 5) is 24.1. The van der Waals surface area contributed by atoms with Gasteiger partial charge in [0.1, 0.15) is 0 Å². The lowest BCUT2D eigenvalue weighted by atomic mass is 10.0. The molecule has 8 heteroatoms. The van der Waals surface area contributed by atoms with Gasteiger partial charge >= 0.3 is 18.0 Å². The largest absolute Gasteiger partial charge is 0.416 e. The van der Waals surface area contributed by atoms with Gasteiger partial charge in [-0.05, 0) is 35.7 Å². The van der Waals surface area contributed by atoms with Crippen molar-refractivity contribution in [3.05, 3.63) is 58.6 Å². The molecule has 0 fully saturated rings. The predicted octanol–water partition coefficient (Wildman–Crippen LogP) is 5.06. The third-order valence-corrected chi connectivity index (χ3v) is 3.91. The van der Waals surface area contributed by atoms with E-state index in [0.717, 1.165) is 17.7 Å². The van der Waals surface area contributed by atoms with Crippen LogP contribution in [0.4, 0.5) is 24.5 Å². The minimum absolute atomic E-state index is 0.104. The van der Waals surface area contributed by atoms with Gasteiger partial charge in [-0.2, -0.15) is 13.2 Å². The SMILES string of the molecule is CC(C)c1ccccc1NC(=O)C(=O)Nc1cc(C(F)(F)F)ccc1Cl. The summed E-state index contributed by atoms with van der Waals surface area (Å²) in [6.45, 7) is 3.85. The fraction of sp³-hybridized carbons (Fsp3) is 0.222. The number of carbonyl (C=O) groups is 2. The summed E-state index contributed by atoms with van der Waals surface area (Å²) in [7, 11) is 0. The monoisotopic (exact) mass is 384 g/mol. The molecule has 4 nitrogen and oxygen atoms in total. The maximum Gasteiger partial charge on any atom is 0.416 e. The predicted molar refractivity (Wildman–Crippen MR) is 94.2 cm³/mol. The second-order valence-electron chi connectivity index (χ2n) is 5.84. The fourth-order valence-electron chi connectivity index (χ4n) is 2.27. The number of benzene rings is 2. The first-order chi connectivity index (χ1) is 12.1. The first kappa shape index (κ1) is 19.8. The highest BCUT2D eigenvalue weighted by Crippen LogP contribution is 2.33. The molecule has 26 heavy (non-hydrogen) atoms. The zero-order chi connectivity index (χ0) is 19.5. The smallest absolute Gasteiger partial charge is 0.318 e. The molecule has 0 aliphatic rings. The van der Waals surface area contributed by atoms with Crippen LogP contribution in [0.15, 0.2) is 42.5 Å². The number of rotatable bonds is 3. The molecule has 2 rings (SSSR count). The lowest BCUT2D eigenvalue weighted by Gasteiger charge is -2.14.